The Balaban J connectivity index is 2.30. The number of pyridine rings is 1. The van der Waals surface area contributed by atoms with Crippen molar-refractivity contribution in [2.45, 2.75) is 13.3 Å². The first-order chi connectivity index (χ1) is 10.0. The maximum absolute atomic E-state index is 13.8. The highest BCUT2D eigenvalue weighted by molar-refractivity contribution is 14.1. The Morgan fingerprint density at radius 1 is 1.10 bits per heavy atom. The molecule has 2 rings (SSSR count). The van der Waals surface area contributed by atoms with Gasteiger partial charge in [0.25, 0.3) is 0 Å². The van der Waals surface area contributed by atoms with Crippen LogP contribution in [0.1, 0.15) is 13.3 Å². The summed E-state index contributed by atoms with van der Waals surface area (Å²) in [5.41, 5.74) is 0.497. The second-order valence-electron chi connectivity index (χ2n) is 4.33. The molecule has 0 bridgehead atoms. The van der Waals surface area contributed by atoms with Crippen molar-refractivity contribution in [3.05, 3.63) is 45.3 Å². The molecule has 0 atom stereocenters. The van der Waals surface area contributed by atoms with Crippen LogP contribution in [0.15, 0.2) is 24.3 Å². The Bertz CT molecular complexity index is 650. The highest BCUT2D eigenvalue weighted by Gasteiger charge is 2.13. The van der Waals surface area contributed by atoms with E-state index in [0.29, 0.717) is 15.8 Å². The Morgan fingerprint density at radius 2 is 1.81 bits per heavy atom. The Morgan fingerprint density at radius 3 is 2.48 bits per heavy atom. The van der Waals surface area contributed by atoms with Crippen LogP contribution in [0.2, 0.25) is 0 Å². The molecule has 1 aromatic carbocycles. The summed E-state index contributed by atoms with van der Waals surface area (Å²) in [6, 6.07) is 4.80. The molecule has 0 radical (unpaired) electrons. The van der Waals surface area contributed by atoms with Crippen molar-refractivity contribution in [1.29, 1.82) is 0 Å². The summed E-state index contributed by atoms with van der Waals surface area (Å²) in [6.07, 6.45) is 0.789. The van der Waals surface area contributed by atoms with E-state index >= 15 is 0 Å². The number of rotatable bonds is 5. The SMILES string of the molecule is CCCNc1nc(Nc2ccc(F)cc2I)c(F)cc1F. The third-order valence-electron chi connectivity index (χ3n) is 2.66. The van der Waals surface area contributed by atoms with E-state index in [1.165, 1.54) is 18.2 Å². The van der Waals surface area contributed by atoms with Crippen molar-refractivity contribution < 1.29 is 13.2 Å². The van der Waals surface area contributed by atoms with E-state index in [1.807, 2.05) is 29.5 Å². The molecule has 0 aliphatic heterocycles. The Kier molecular flexibility index (Phi) is 5.27. The lowest BCUT2D eigenvalue weighted by atomic mass is 10.3. The van der Waals surface area contributed by atoms with Gasteiger partial charge in [0.05, 0.1) is 5.69 Å². The third kappa shape index (κ3) is 3.99. The minimum atomic E-state index is -0.810. The highest BCUT2D eigenvalue weighted by atomic mass is 127. The smallest absolute Gasteiger partial charge is 0.169 e. The summed E-state index contributed by atoms with van der Waals surface area (Å²) in [5.74, 6) is -2.07. The van der Waals surface area contributed by atoms with E-state index < -0.39 is 11.6 Å². The molecule has 2 aromatic rings. The van der Waals surface area contributed by atoms with Gasteiger partial charge in [0.1, 0.15) is 5.82 Å². The molecule has 0 aliphatic rings. The Labute approximate surface area is 134 Å². The zero-order valence-electron chi connectivity index (χ0n) is 11.2. The summed E-state index contributed by atoms with van der Waals surface area (Å²) < 4.78 is 41.0. The lowest BCUT2D eigenvalue weighted by molar-refractivity contribution is 0.579. The first kappa shape index (κ1) is 15.9. The van der Waals surface area contributed by atoms with E-state index in [2.05, 4.69) is 15.6 Å². The fraction of sp³-hybridized carbons (Fsp3) is 0.214. The molecule has 112 valence electrons. The van der Waals surface area contributed by atoms with Crippen LogP contribution in [-0.4, -0.2) is 11.5 Å². The van der Waals surface area contributed by atoms with Crippen LogP contribution in [0.4, 0.5) is 30.5 Å². The van der Waals surface area contributed by atoms with Gasteiger partial charge in [-0.1, -0.05) is 6.92 Å². The van der Waals surface area contributed by atoms with Gasteiger partial charge < -0.3 is 10.6 Å². The highest BCUT2D eigenvalue weighted by Crippen LogP contribution is 2.26. The van der Waals surface area contributed by atoms with Gasteiger partial charge in [-0.3, -0.25) is 0 Å². The number of hydrogen-bond acceptors (Lipinski definition) is 3. The molecule has 0 aliphatic carbocycles. The van der Waals surface area contributed by atoms with Gasteiger partial charge in [0, 0.05) is 16.2 Å². The van der Waals surface area contributed by atoms with Crippen molar-refractivity contribution in [3.8, 4) is 0 Å². The van der Waals surface area contributed by atoms with Gasteiger partial charge in [-0.05, 0) is 47.2 Å². The predicted octanol–water partition coefficient (Wildman–Crippen LogP) is 4.67. The van der Waals surface area contributed by atoms with Gasteiger partial charge in [0.2, 0.25) is 0 Å². The zero-order chi connectivity index (χ0) is 15.4. The molecule has 3 nitrogen and oxygen atoms in total. The average molecular weight is 407 g/mol. The van der Waals surface area contributed by atoms with Crippen LogP contribution < -0.4 is 10.6 Å². The standard InChI is InChI=1S/C14H13F3IN3/c1-2-5-19-13-9(16)7-10(17)14(21-13)20-12-4-3-8(15)6-11(12)18/h3-4,6-7H,2,5H2,1H3,(H2,19,20,21). The number of halogens is 4. The van der Waals surface area contributed by atoms with Gasteiger partial charge >= 0.3 is 0 Å². The predicted molar refractivity (Wildman–Crippen MR) is 85.3 cm³/mol. The minimum absolute atomic E-state index is 0.0159. The van der Waals surface area contributed by atoms with Gasteiger partial charge in [0.15, 0.2) is 23.3 Å². The summed E-state index contributed by atoms with van der Waals surface area (Å²) >= 11 is 1.92. The van der Waals surface area contributed by atoms with Crippen LogP contribution in [-0.2, 0) is 0 Å². The number of nitrogens with one attached hydrogen (secondary N) is 2. The lowest BCUT2D eigenvalue weighted by Gasteiger charge is -2.12. The van der Waals surface area contributed by atoms with Crippen LogP contribution in [0.5, 0.6) is 0 Å². The number of hydrogen-bond donors (Lipinski definition) is 2. The van der Waals surface area contributed by atoms with E-state index in [-0.39, 0.29) is 17.5 Å². The maximum Gasteiger partial charge on any atom is 0.169 e. The second-order valence-corrected chi connectivity index (χ2v) is 5.49. The fourth-order valence-electron chi connectivity index (χ4n) is 1.64. The monoisotopic (exact) mass is 407 g/mol. The number of benzene rings is 1. The fourth-order valence-corrected chi connectivity index (χ4v) is 2.25. The van der Waals surface area contributed by atoms with E-state index in [1.54, 1.807) is 0 Å². The normalized spacial score (nSPS) is 10.5. The van der Waals surface area contributed by atoms with Crippen molar-refractivity contribution in [3.63, 3.8) is 0 Å². The molecule has 1 aromatic heterocycles. The molecule has 0 spiro atoms. The second kappa shape index (κ2) is 6.97. The summed E-state index contributed by atoms with van der Waals surface area (Å²) in [5, 5.41) is 5.53. The van der Waals surface area contributed by atoms with Gasteiger partial charge in [-0.25, -0.2) is 18.2 Å². The first-order valence-electron chi connectivity index (χ1n) is 6.33. The molecular formula is C14H13F3IN3. The molecule has 0 fully saturated rings. The van der Waals surface area contributed by atoms with Crippen molar-refractivity contribution in [2.75, 3.05) is 17.2 Å². The lowest BCUT2D eigenvalue weighted by Crippen LogP contribution is -2.08. The van der Waals surface area contributed by atoms with Crippen molar-refractivity contribution in [2.24, 2.45) is 0 Å². The first-order valence-corrected chi connectivity index (χ1v) is 7.41. The molecule has 7 heteroatoms. The average Bonchev–Trinajstić information content (AvgIpc) is 2.43. The summed E-state index contributed by atoms with van der Waals surface area (Å²) in [6.45, 7) is 2.46. The van der Waals surface area contributed by atoms with Gasteiger partial charge in [-0.2, -0.15) is 0 Å². The number of nitrogens with zero attached hydrogens (tertiary/aromatic N) is 1. The van der Waals surface area contributed by atoms with Crippen molar-refractivity contribution in [1.82, 2.24) is 4.98 Å². The molecule has 0 saturated carbocycles. The molecule has 0 saturated heterocycles. The van der Waals surface area contributed by atoms with E-state index in [9.17, 15) is 13.2 Å². The molecule has 2 N–H and O–H groups in total. The Hall–Kier alpha value is -1.51. The molecule has 0 unspecified atom stereocenters. The summed E-state index contributed by atoms with van der Waals surface area (Å²) in [4.78, 5) is 3.90. The van der Waals surface area contributed by atoms with E-state index in [0.717, 1.165) is 12.5 Å². The molecular weight excluding hydrogens is 394 g/mol. The van der Waals surface area contributed by atoms with Crippen LogP contribution in [0.25, 0.3) is 0 Å². The summed E-state index contributed by atoms with van der Waals surface area (Å²) in [7, 11) is 0. The van der Waals surface area contributed by atoms with Crippen LogP contribution in [0.3, 0.4) is 0 Å². The van der Waals surface area contributed by atoms with Crippen LogP contribution in [0, 0.1) is 21.0 Å². The number of anilines is 3. The third-order valence-corrected chi connectivity index (χ3v) is 3.55. The largest absolute Gasteiger partial charge is 0.368 e. The molecule has 1 heterocycles. The van der Waals surface area contributed by atoms with E-state index in [4.69, 9.17) is 0 Å². The van der Waals surface area contributed by atoms with Gasteiger partial charge in [-0.15, -0.1) is 0 Å². The maximum atomic E-state index is 13.8. The van der Waals surface area contributed by atoms with Crippen LogP contribution >= 0.6 is 22.6 Å². The topological polar surface area (TPSA) is 37.0 Å². The zero-order valence-corrected chi connectivity index (χ0v) is 13.3. The van der Waals surface area contributed by atoms with Crippen molar-refractivity contribution >= 4 is 39.9 Å². The molecule has 21 heavy (non-hydrogen) atoms. The quantitative estimate of drug-likeness (QED) is 0.708. The number of aromatic nitrogens is 1. The molecule has 0 amide bonds. The minimum Gasteiger partial charge on any atom is -0.368 e.